The van der Waals surface area contributed by atoms with Crippen molar-refractivity contribution < 1.29 is 14.5 Å². The highest BCUT2D eigenvalue weighted by molar-refractivity contribution is 5.91. The van der Waals surface area contributed by atoms with Crippen LogP contribution in [0.2, 0.25) is 0 Å². The van der Waals surface area contributed by atoms with E-state index in [1.807, 2.05) is 12.1 Å². The van der Waals surface area contributed by atoms with Gasteiger partial charge in [0.1, 0.15) is 11.4 Å². The topological polar surface area (TPSA) is 96.7 Å². The van der Waals surface area contributed by atoms with Gasteiger partial charge in [-0.3, -0.25) is 15.0 Å². The number of ether oxygens (including phenoxy) is 1. The van der Waals surface area contributed by atoms with Crippen LogP contribution in [0.25, 0.3) is 0 Å². The van der Waals surface area contributed by atoms with Crippen LogP contribution >= 0.6 is 0 Å². The molecular weight excluding hydrogens is 372 g/mol. The van der Waals surface area contributed by atoms with Gasteiger partial charge in [-0.25, -0.2) is 4.79 Å². The van der Waals surface area contributed by atoms with E-state index in [4.69, 9.17) is 4.74 Å². The van der Waals surface area contributed by atoms with Crippen molar-refractivity contribution in [3.8, 4) is 5.75 Å². The lowest BCUT2D eigenvalue weighted by atomic mass is 10.1. The molecule has 8 heteroatoms. The fraction of sp³-hybridized carbons (Fsp3) is 0.381. The Labute approximate surface area is 170 Å². The van der Waals surface area contributed by atoms with E-state index in [-0.39, 0.29) is 11.4 Å². The second-order valence-electron chi connectivity index (χ2n) is 7.10. The first-order valence-electron chi connectivity index (χ1n) is 9.72. The average Bonchev–Trinajstić information content (AvgIpc) is 2.74. The summed E-state index contributed by atoms with van der Waals surface area (Å²) in [5.41, 5.74) is 2.12. The van der Waals surface area contributed by atoms with E-state index in [0.717, 1.165) is 25.2 Å². The SMILES string of the molecule is COc1ccc(NC(=O)NCc2ccc(CN3CCCCC3)cc2)c([N+](=O)[O-])c1. The summed E-state index contributed by atoms with van der Waals surface area (Å²) in [6.45, 7) is 3.59. The Bertz CT molecular complexity index is 848. The van der Waals surface area contributed by atoms with Crippen molar-refractivity contribution in [1.82, 2.24) is 10.2 Å². The predicted octanol–water partition coefficient (Wildman–Crippen LogP) is 3.91. The highest BCUT2D eigenvalue weighted by Crippen LogP contribution is 2.28. The molecule has 8 nitrogen and oxygen atoms in total. The fourth-order valence-electron chi connectivity index (χ4n) is 3.38. The van der Waals surface area contributed by atoms with Crippen LogP contribution in [-0.2, 0) is 13.1 Å². The second-order valence-corrected chi connectivity index (χ2v) is 7.10. The maximum Gasteiger partial charge on any atom is 0.319 e. The number of methoxy groups -OCH3 is 1. The molecule has 2 N–H and O–H groups in total. The van der Waals surface area contributed by atoms with Crippen molar-refractivity contribution in [2.45, 2.75) is 32.4 Å². The standard InChI is InChI=1S/C21H26N4O4/c1-29-18-9-10-19(20(13-18)25(27)28)23-21(26)22-14-16-5-7-17(8-6-16)15-24-11-3-2-4-12-24/h5-10,13H,2-4,11-12,14-15H2,1H3,(H2,22,23,26). The third-order valence-electron chi connectivity index (χ3n) is 4.98. The fourth-order valence-corrected chi connectivity index (χ4v) is 3.38. The zero-order chi connectivity index (χ0) is 20.6. The number of urea groups is 1. The number of hydrogen-bond donors (Lipinski definition) is 2. The number of nitrogens with one attached hydrogen (secondary N) is 2. The second kappa shape index (κ2) is 9.88. The maximum atomic E-state index is 12.2. The van der Waals surface area contributed by atoms with Gasteiger partial charge in [0.05, 0.1) is 18.1 Å². The summed E-state index contributed by atoms with van der Waals surface area (Å²) in [6, 6.07) is 11.9. The van der Waals surface area contributed by atoms with Crippen molar-refractivity contribution in [2.75, 3.05) is 25.5 Å². The van der Waals surface area contributed by atoms with E-state index < -0.39 is 11.0 Å². The first-order chi connectivity index (χ1) is 14.0. The van der Waals surface area contributed by atoms with Gasteiger partial charge in [0.15, 0.2) is 0 Å². The van der Waals surface area contributed by atoms with Crippen LogP contribution in [0.4, 0.5) is 16.2 Å². The normalized spacial score (nSPS) is 14.2. The lowest BCUT2D eigenvalue weighted by Gasteiger charge is -2.26. The van der Waals surface area contributed by atoms with Gasteiger partial charge >= 0.3 is 6.03 Å². The Morgan fingerprint density at radius 1 is 1.10 bits per heavy atom. The number of amides is 2. The zero-order valence-corrected chi connectivity index (χ0v) is 16.5. The number of nitro groups is 1. The summed E-state index contributed by atoms with van der Waals surface area (Å²) in [5.74, 6) is 0.354. The van der Waals surface area contributed by atoms with Crippen molar-refractivity contribution in [3.05, 3.63) is 63.7 Å². The molecule has 1 aliphatic rings. The van der Waals surface area contributed by atoms with Crippen molar-refractivity contribution >= 4 is 17.4 Å². The minimum absolute atomic E-state index is 0.116. The van der Waals surface area contributed by atoms with E-state index >= 15 is 0 Å². The molecule has 3 rings (SSSR count). The number of piperidine rings is 1. The third-order valence-corrected chi connectivity index (χ3v) is 4.98. The monoisotopic (exact) mass is 398 g/mol. The van der Waals surface area contributed by atoms with Crippen molar-refractivity contribution in [3.63, 3.8) is 0 Å². The Hall–Kier alpha value is -3.13. The number of hydrogen-bond acceptors (Lipinski definition) is 5. The van der Waals surface area contributed by atoms with Crippen molar-refractivity contribution in [1.29, 1.82) is 0 Å². The van der Waals surface area contributed by atoms with Crippen LogP contribution in [0.5, 0.6) is 5.75 Å². The summed E-state index contributed by atoms with van der Waals surface area (Å²) in [4.78, 5) is 25.3. The third kappa shape index (κ3) is 5.92. The molecular formula is C21H26N4O4. The minimum atomic E-state index is -0.556. The van der Waals surface area contributed by atoms with E-state index in [1.165, 1.54) is 44.1 Å². The number of carbonyl (C=O) groups is 1. The summed E-state index contributed by atoms with van der Waals surface area (Å²) >= 11 is 0. The lowest BCUT2D eigenvalue weighted by molar-refractivity contribution is -0.384. The highest BCUT2D eigenvalue weighted by Gasteiger charge is 2.17. The number of benzene rings is 2. The molecule has 0 atom stereocenters. The molecule has 0 saturated carbocycles. The summed E-state index contributed by atoms with van der Waals surface area (Å²) < 4.78 is 4.99. The molecule has 2 aromatic carbocycles. The minimum Gasteiger partial charge on any atom is -0.496 e. The van der Waals surface area contributed by atoms with Gasteiger partial charge in [0.2, 0.25) is 0 Å². The van der Waals surface area contributed by atoms with Gasteiger partial charge in [-0.1, -0.05) is 30.7 Å². The van der Waals surface area contributed by atoms with Crippen molar-refractivity contribution in [2.24, 2.45) is 0 Å². The number of rotatable bonds is 7. The molecule has 0 spiro atoms. The molecule has 0 radical (unpaired) electrons. The molecule has 2 aromatic rings. The molecule has 0 bridgehead atoms. The molecule has 1 heterocycles. The molecule has 1 saturated heterocycles. The molecule has 0 aromatic heterocycles. The molecule has 154 valence electrons. The average molecular weight is 398 g/mol. The first kappa shape index (κ1) is 20.6. The van der Waals surface area contributed by atoms with E-state index in [0.29, 0.717) is 12.3 Å². The van der Waals surface area contributed by atoms with Crippen LogP contribution in [0.3, 0.4) is 0 Å². The van der Waals surface area contributed by atoms with Crippen LogP contribution in [0, 0.1) is 10.1 Å². The molecule has 2 amide bonds. The van der Waals surface area contributed by atoms with Crippen LogP contribution in [0.15, 0.2) is 42.5 Å². The Balaban J connectivity index is 1.52. The zero-order valence-electron chi connectivity index (χ0n) is 16.5. The van der Waals surface area contributed by atoms with Crippen LogP contribution in [0.1, 0.15) is 30.4 Å². The quantitative estimate of drug-likeness (QED) is 0.544. The highest BCUT2D eigenvalue weighted by atomic mass is 16.6. The summed E-state index contributed by atoms with van der Waals surface area (Å²) in [7, 11) is 1.43. The van der Waals surface area contributed by atoms with E-state index in [2.05, 4.69) is 27.7 Å². The summed E-state index contributed by atoms with van der Waals surface area (Å²) in [6.07, 6.45) is 3.86. The first-order valence-corrected chi connectivity index (χ1v) is 9.72. The maximum absolute atomic E-state index is 12.2. The predicted molar refractivity (Wildman–Crippen MR) is 111 cm³/mol. The number of anilines is 1. The smallest absolute Gasteiger partial charge is 0.319 e. The van der Waals surface area contributed by atoms with Gasteiger partial charge in [0.25, 0.3) is 5.69 Å². The van der Waals surface area contributed by atoms with Crippen LogP contribution in [-0.4, -0.2) is 36.1 Å². The largest absolute Gasteiger partial charge is 0.496 e. The molecule has 0 aliphatic carbocycles. The summed E-state index contributed by atoms with van der Waals surface area (Å²) in [5, 5.41) is 16.5. The number of carbonyl (C=O) groups excluding carboxylic acids is 1. The molecule has 1 aliphatic heterocycles. The Morgan fingerprint density at radius 3 is 2.45 bits per heavy atom. The molecule has 29 heavy (non-hydrogen) atoms. The van der Waals surface area contributed by atoms with Gasteiger partial charge in [-0.2, -0.15) is 0 Å². The van der Waals surface area contributed by atoms with Gasteiger partial charge < -0.3 is 15.4 Å². The Kier molecular flexibility index (Phi) is 7.02. The van der Waals surface area contributed by atoms with E-state index in [1.54, 1.807) is 6.07 Å². The Morgan fingerprint density at radius 2 is 1.79 bits per heavy atom. The van der Waals surface area contributed by atoms with Crippen LogP contribution < -0.4 is 15.4 Å². The van der Waals surface area contributed by atoms with Gasteiger partial charge in [-0.15, -0.1) is 0 Å². The van der Waals surface area contributed by atoms with E-state index in [9.17, 15) is 14.9 Å². The number of nitrogens with zero attached hydrogens (tertiary/aromatic N) is 2. The number of likely N-dealkylation sites (tertiary alicyclic amines) is 1. The number of nitro benzene ring substituents is 1. The molecule has 0 unspecified atom stereocenters. The molecule has 1 fully saturated rings. The van der Waals surface area contributed by atoms with Gasteiger partial charge in [-0.05, 0) is 49.2 Å². The van der Waals surface area contributed by atoms with Gasteiger partial charge in [0, 0.05) is 13.1 Å². The lowest BCUT2D eigenvalue weighted by Crippen LogP contribution is -2.29.